The first-order valence-electron chi connectivity index (χ1n) is 7.64. The van der Waals surface area contributed by atoms with Gasteiger partial charge in [-0.25, -0.2) is 9.97 Å². The van der Waals surface area contributed by atoms with Gasteiger partial charge in [0.15, 0.2) is 10.1 Å². The van der Waals surface area contributed by atoms with Gasteiger partial charge in [0.05, 0.1) is 16.6 Å². The molecule has 0 N–H and O–H groups in total. The number of hydrogen-bond donors (Lipinski definition) is 0. The lowest BCUT2D eigenvalue weighted by Crippen LogP contribution is -2.20. The predicted octanol–water partition coefficient (Wildman–Crippen LogP) is 4.36. The van der Waals surface area contributed by atoms with Crippen LogP contribution in [0.4, 0.5) is 0 Å². The van der Waals surface area contributed by atoms with Gasteiger partial charge in [-0.3, -0.25) is 13.8 Å². The van der Waals surface area contributed by atoms with Crippen molar-refractivity contribution in [1.82, 2.24) is 18.9 Å². The molecule has 0 spiro atoms. The third-order valence-electron chi connectivity index (χ3n) is 4.37. The van der Waals surface area contributed by atoms with Gasteiger partial charge in [0.25, 0.3) is 5.56 Å². The molecule has 0 aliphatic carbocycles. The molecule has 0 fully saturated rings. The minimum Gasteiger partial charge on any atom is -0.292 e. The largest absolute Gasteiger partial charge is 0.292 e. The summed E-state index contributed by atoms with van der Waals surface area (Å²) in [5.41, 5.74) is 2.34. The molecule has 0 atom stereocenters. The van der Waals surface area contributed by atoms with Crippen LogP contribution in [0.5, 0.6) is 0 Å². The number of benzene rings is 1. The number of halogens is 2. The SMILES string of the molecule is O=c1c2ccc(Cl)cc2nc2n1CC/C2=C\c1c(Cl)nc2sccn12. The van der Waals surface area contributed by atoms with Crippen LogP contribution in [-0.4, -0.2) is 18.9 Å². The Morgan fingerprint density at radius 1 is 1.24 bits per heavy atom. The van der Waals surface area contributed by atoms with Crippen LogP contribution >= 0.6 is 34.5 Å². The predicted molar refractivity (Wildman–Crippen MR) is 102 cm³/mol. The van der Waals surface area contributed by atoms with E-state index in [-0.39, 0.29) is 5.56 Å². The van der Waals surface area contributed by atoms with Crippen LogP contribution in [0.25, 0.3) is 27.5 Å². The Morgan fingerprint density at radius 2 is 2.12 bits per heavy atom. The maximum absolute atomic E-state index is 12.7. The first kappa shape index (κ1) is 15.1. The summed E-state index contributed by atoms with van der Waals surface area (Å²) >= 11 is 13.9. The molecular weight excluding hydrogens is 379 g/mol. The first-order chi connectivity index (χ1) is 12.1. The lowest BCUT2D eigenvalue weighted by molar-refractivity contribution is 0.725. The highest BCUT2D eigenvalue weighted by Gasteiger charge is 2.22. The van der Waals surface area contributed by atoms with Crippen molar-refractivity contribution in [2.24, 2.45) is 0 Å². The summed E-state index contributed by atoms with van der Waals surface area (Å²) in [6, 6.07) is 5.16. The first-order valence-corrected chi connectivity index (χ1v) is 9.27. The Kier molecular flexibility index (Phi) is 3.28. The van der Waals surface area contributed by atoms with Gasteiger partial charge < -0.3 is 0 Å². The third-order valence-corrected chi connectivity index (χ3v) is 5.64. The summed E-state index contributed by atoms with van der Waals surface area (Å²) < 4.78 is 3.65. The van der Waals surface area contributed by atoms with E-state index in [2.05, 4.69) is 9.97 Å². The molecule has 5 rings (SSSR count). The number of hydrogen-bond acceptors (Lipinski definition) is 4. The van der Waals surface area contributed by atoms with Gasteiger partial charge in [-0.1, -0.05) is 23.2 Å². The third kappa shape index (κ3) is 2.25. The zero-order valence-electron chi connectivity index (χ0n) is 12.7. The highest BCUT2D eigenvalue weighted by atomic mass is 35.5. The number of thiazole rings is 1. The van der Waals surface area contributed by atoms with Gasteiger partial charge in [-0.15, -0.1) is 11.3 Å². The molecule has 0 bridgehead atoms. The van der Waals surface area contributed by atoms with Crippen LogP contribution in [0.3, 0.4) is 0 Å². The Hall–Kier alpha value is -2.15. The summed E-state index contributed by atoms with van der Waals surface area (Å²) in [5, 5.41) is 3.55. The van der Waals surface area contributed by atoms with E-state index in [0.29, 0.717) is 33.4 Å². The molecule has 25 heavy (non-hydrogen) atoms. The number of fused-ring (bicyclic) bond motifs is 3. The molecule has 3 aromatic heterocycles. The summed E-state index contributed by atoms with van der Waals surface area (Å²) in [6.45, 7) is 0.606. The maximum Gasteiger partial charge on any atom is 0.261 e. The average Bonchev–Trinajstić information content (AvgIpc) is 3.25. The maximum atomic E-state index is 12.7. The fraction of sp³-hybridized carbons (Fsp3) is 0.118. The minimum atomic E-state index is -0.0415. The number of allylic oxidation sites excluding steroid dienone is 1. The summed E-state index contributed by atoms with van der Waals surface area (Å²) in [6.07, 6.45) is 4.62. The Balaban J connectivity index is 1.75. The lowest BCUT2D eigenvalue weighted by Gasteiger charge is -2.05. The summed E-state index contributed by atoms with van der Waals surface area (Å²) in [4.78, 5) is 22.6. The number of imidazole rings is 1. The molecule has 0 saturated heterocycles. The molecular formula is C17H10Cl2N4OS. The van der Waals surface area contributed by atoms with Crippen LogP contribution < -0.4 is 5.56 Å². The molecule has 1 aromatic carbocycles. The van der Waals surface area contributed by atoms with Crippen LogP contribution in [0, 0.1) is 0 Å². The molecule has 0 amide bonds. The molecule has 4 heterocycles. The van der Waals surface area contributed by atoms with Gasteiger partial charge in [0.1, 0.15) is 5.82 Å². The van der Waals surface area contributed by atoms with Crippen LogP contribution in [0.1, 0.15) is 17.9 Å². The van der Waals surface area contributed by atoms with Gasteiger partial charge >= 0.3 is 0 Å². The quantitative estimate of drug-likeness (QED) is 0.486. The lowest BCUT2D eigenvalue weighted by atomic mass is 10.2. The van der Waals surface area contributed by atoms with Gasteiger partial charge in [-0.05, 0) is 36.3 Å². The van der Waals surface area contributed by atoms with Crippen molar-refractivity contribution in [3.63, 3.8) is 0 Å². The van der Waals surface area contributed by atoms with Crippen molar-refractivity contribution < 1.29 is 0 Å². The van der Waals surface area contributed by atoms with E-state index in [1.807, 2.05) is 22.1 Å². The Labute approximate surface area is 155 Å². The van der Waals surface area contributed by atoms with Gasteiger partial charge in [0, 0.05) is 23.1 Å². The van der Waals surface area contributed by atoms with Crippen molar-refractivity contribution in [2.75, 3.05) is 0 Å². The molecule has 4 aromatic rings. The molecule has 1 aliphatic rings. The summed E-state index contributed by atoms with van der Waals surface area (Å²) in [7, 11) is 0. The number of rotatable bonds is 1. The highest BCUT2D eigenvalue weighted by molar-refractivity contribution is 7.15. The fourth-order valence-electron chi connectivity index (χ4n) is 3.20. The molecule has 5 nitrogen and oxygen atoms in total. The van der Waals surface area contributed by atoms with E-state index < -0.39 is 0 Å². The fourth-order valence-corrected chi connectivity index (χ4v) is 4.36. The van der Waals surface area contributed by atoms with Gasteiger partial charge in [-0.2, -0.15) is 0 Å². The molecule has 124 valence electrons. The van der Waals surface area contributed by atoms with E-state index in [1.54, 1.807) is 22.8 Å². The second-order valence-corrected chi connectivity index (χ2v) is 7.48. The van der Waals surface area contributed by atoms with E-state index in [9.17, 15) is 4.79 Å². The van der Waals surface area contributed by atoms with Crippen molar-refractivity contribution >= 4 is 62.1 Å². The molecule has 0 saturated carbocycles. The standard InChI is InChI=1S/C17H10Cl2N4OS/c18-10-1-2-11-12(8-10)20-15-9(3-4-23(15)16(11)24)7-13-14(19)21-17-22(13)5-6-25-17/h1-2,5-8H,3-4H2/b9-7+. The number of nitrogens with zero attached hydrogens (tertiary/aromatic N) is 4. The van der Waals surface area contributed by atoms with Crippen molar-refractivity contribution in [2.45, 2.75) is 13.0 Å². The average molecular weight is 389 g/mol. The van der Waals surface area contributed by atoms with E-state index >= 15 is 0 Å². The van der Waals surface area contributed by atoms with Crippen LogP contribution in [0.15, 0.2) is 34.6 Å². The highest BCUT2D eigenvalue weighted by Crippen LogP contribution is 2.31. The van der Waals surface area contributed by atoms with Crippen LogP contribution in [0.2, 0.25) is 10.2 Å². The molecule has 0 unspecified atom stereocenters. The molecule has 8 heteroatoms. The zero-order valence-corrected chi connectivity index (χ0v) is 15.1. The summed E-state index contributed by atoms with van der Waals surface area (Å²) in [5.74, 6) is 0.668. The topological polar surface area (TPSA) is 52.2 Å². The van der Waals surface area contributed by atoms with Crippen molar-refractivity contribution in [3.05, 3.63) is 61.8 Å². The minimum absolute atomic E-state index is 0.0415. The zero-order chi connectivity index (χ0) is 17.1. The number of aromatic nitrogens is 4. The van der Waals surface area contributed by atoms with Crippen molar-refractivity contribution in [3.8, 4) is 0 Å². The van der Waals surface area contributed by atoms with Crippen molar-refractivity contribution in [1.29, 1.82) is 0 Å². The van der Waals surface area contributed by atoms with Gasteiger partial charge in [0.2, 0.25) is 0 Å². The molecule has 0 radical (unpaired) electrons. The van der Waals surface area contributed by atoms with E-state index in [0.717, 1.165) is 22.6 Å². The Bertz CT molecular complexity index is 1250. The molecule has 1 aliphatic heterocycles. The Morgan fingerprint density at radius 3 is 3.00 bits per heavy atom. The monoisotopic (exact) mass is 388 g/mol. The van der Waals surface area contributed by atoms with Crippen LogP contribution in [-0.2, 0) is 6.54 Å². The normalized spacial score (nSPS) is 15.5. The van der Waals surface area contributed by atoms with E-state index in [4.69, 9.17) is 23.2 Å². The second-order valence-electron chi connectivity index (χ2n) is 5.82. The van der Waals surface area contributed by atoms with E-state index in [1.165, 1.54) is 11.3 Å². The smallest absolute Gasteiger partial charge is 0.261 e. The second kappa shape index (κ2) is 5.42.